The Balaban J connectivity index is 1.78. The Labute approximate surface area is 126 Å². The number of hydrogen-bond donors (Lipinski definition) is 2. The number of para-hydroxylation sites is 1. The quantitative estimate of drug-likeness (QED) is 0.855. The second-order valence-electron chi connectivity index (χ2n) is 4.76. The maximum Gasteiger partial charge on any atom is 0.242 e. The highest BCUT2D eigenvalue weighted by atomic mass is 79.9. The topological polar surface area (TPSA) is 67.4 Å². The molecule has 0 spiro atoms. The summed E-state index contributed by atoms with van der Waals surface area (Å²) in [6.07, 6.45) is 0.820. The Kier molecular flexibility index (Phi) is 5.00. The number of hydrogen-bond acceptors (Lipinski definition) is 3. The van der Waals surface area contributed by atoms with Crippen molar-refractivity contribution < 1.29 is 14.3 Å². The SMILES string of the molecule is C[C@@H](CNC(=O)[C@H]1CCC(=O)N1)Oc1ccccc1Br. The van der Waals surface area contributed by atoms with Crippen LogP contribution in [0.1, 0.15) is 19.8 Å². The van der Waals surface area contributed by atoms with Crippen LogP contribution in [0.4, 0.5) is 0 Å². The lowest BCUT2D eigenvalue weighted by Crippen LogP contribution is -2.44. The first kappa shape index (κ1) is 14.8. The Morgan fingerprint density at radius 1 is 1.55 bits per heavy atom. The highest BCUT2D eigenvalue weighted by Crippen LogP contribution is 2.24. The molecule has 1 heterocycles. The Bertz CT molecular complexity index is 507. The van der Waals surface area contributed by atoms with Crippen LogP contribution in [0, 0.1) is 0 Å². The molecule has 1 fully saturated rings. The number of nitrogens with one attached hydrogen (secondary N) is 2. The van der Waals surface area contributed by atoms with Gasteiger partial charge in [-0.3, -0.25) is 9.59 Å². The number of halogens is 1. The van der Waals surface area contributed by atoms with Crippen molar-refractivity contribution in [3.8, 4) is 5.75 Å². The van der Waals surface area contributed by atoms with Crippen molar-refractivity contribution in [2.45, 2.75) is 31.9 Å². The van der Waals surface area contributed by atoms with E-state index in [2.05, 4.69) is 26.6 Å². The van der Waals surface area contributed by atoms with Gasteiger partial charge in [-0.05, 0) is 41.4 Å². The molecular formula is C14H17BrN2O3. The zero-order valence-electron chi connectivity index (χ0n) is 11.2. The second kappa shape index (κ2) is 6.74. The van der Waals surface area contributed by atoms with Crippen LogP contribution in [0.25, 0.3) is 0 Å². The summed E-state index contributed by atoms with van der Waals surface area (Å²) in [4.78, 5) is 22.9. The summed E-state index contributed by atoms with van der Waals surface area (Å²) in [7, 11) is 0. The molecule has 1 aromatic carbocycles. The lowest BCUT2D eigenvalue weighted by molar-refractivity contribution is -0.126. The molecule has 5 nitrogen and oxygen atoms in total. The number of rotatable bonds is 5. The summed E-state index contributed by atoms with van der Waals surface area (Å²) in [5, 5.41) is 5.43. The minimum Gasteiger partial charge on any atom is -0.488 e. The first-order chi connectivity index (χ1) is 9.56. The third-order valence-electron chi connectivity index (χ3n) is 3.04. The summed E-state index contributed by atoms with van der Waals surface area (Å²) in [5.41, 5.74) is 0. The molecule has 2 amide bonds. The highest BCUT2D eigenvalue weighted by molar-refractivity contribution is 9.10. The maximum absolute atomic E-state index is 11.8. The Hall–Kier alpha value is -1.56. The first-order valence-electron chi connectivity index (χ1n) is 6.54. The number of ether oxygens (including phenoxy) is 1. The summed E-state index contributed by atoms with van der Waals surface area (Å²) >= 11 is 3.41. The molecule has 108 valence electrons. The van der Waals surface area contributed by atoms with E-state index in [0.717, 1.165) is 10.2 Å². The molecular weight excluding hydrogens is 324 g/mol. The van der Waals surface area contributed by atoms with Crippen molar-refractivity contribution in [1.29, 1.82) is 0 Å². The molecule has 2 N–H and O–H groups in total. The van der Waals surface area contributed by atoms with Crippen LogP contribution in [0.15, 0.2) is 28.7 Å². The molecule has 1 aromatic rings. The molecule has 1 aliphatic rings. The van der Waals surface area contributed by atoms with Gasteiger partial charge in [0, 0.05) is 6.42 Å². The van der Waals surface area contributed by atoms with E-state index in [-0.39, 0.29) is 17.9 Å². The minimum atomic E-state index is -0.404. The average Bonchev–Trinajstić information content (AvgIpc) is 2.85. The van der Waals surface area contributed by atoms with E-state index in [0.29, 0.717) is 19.4 Å². The van der Waals surface area contributed by atoms with Gasteiger partial charge in [0.25, 0.3) is 0 Å². The predicted octanol–water partition coefficient (Wildman–Crippen LogP) is 1.61. The van der Waals surface area contributed by atoms with Gasteiger partial charge in [-0.25, -0.2) is 0 Å². The van der Waals surface area contributed by atoms with Crippen LogP contribution < -0.4 is 15.4 Å². The third-order valence-corrected chi connectivity index (χ3v) is 3.70. The standard InChI is InChI=1S/C14H17BrN2O3/c1-9(20-12-5-3-2-4-10(12)15)8-16-14(19)11-6-7-13(18)17-11/h2-5,9,11H,6-8H2,1H3,(H,16,19)(H,17,18)/t9-,11+/m0/s1. The molecule has 0 unspecified atom stereocenters. The summed E-state index contributed by atoms with van der Waals surface area (Å²) in [6.45, 7) is 2.28. The highest BCUT2D eigenvalue weighted by Gasteiger charge is 2.27. The zero-order chi connectivity index (χ0) is 14.5. The van der Waals surface area contributed by atoms with Crippen LogP contribution in [-0.4, -0.2) is 30.5 Å². The molecule has 0 aromatic heterocycles. The normalized spacial score (nSPS) is 19.3. The van der Waals surface area contributed by atoms with Gasteiger partial charge in [0.1, 0.15) is 17.9 Å². The van der Waals surface area contributed by atoms with E-state index in [1.54, 1.807) is 0 Å². The second-order valence-corrected chi connectivity index (χ2v) is 5.62. The first-order valence-corrected chi connectivity index (χ1v) is 7.34. The van der Waals surface area contributed by atoms with Crippen LogP contribution in [0.5, 0.6) is 5.75 Å². The minimum absolute atomic E-state index is 0.0670. The van der Waals surface area contributed by atoms with Gasteiger partial charge in [-0.15, -0.1) is 0 Å². The molecule has 6 heteroatoms. The summed E-state index contributed by atoms with van der Waals surface area (Å²) in [5.74, 6) is 0.518. The van der Waals surface area contributed by atoms with E-state index in [4.69, 9.17) is 4.74 Å². The van der Waals surface area contributed by atoms with E-state index in [9.17, 15) is 9.59 Å². The van der Waals surface area contributed by atoms with Crippen molar-refractivity contribution in [3.05, 3.63) is 28.7 Å². The molecule has 1 saturated heterocycles. The molecule has 0 radical (unpaired) electrons. The molecule has 2 atom stereocenters. The Morgan fingerprint density at radius 3 is 2.95 bits per heavy atom. The van der Waals surface area contributed by atoms with E-state index >= 15 is 0 Å². The molecule has 0 bridgehead atoms. The van der Waals surface area contributed by atoms with E-state index in [1.165, 1.54) is 0 Å². The zero-order valence-corrected chi connectivity index (χ0v) is 12.8. The van der Waals surface area contributed by atoms with Gasteiger partial charge in [0.2, 0.25) is 11.8 Å². The van der Waals surface area contributed by atoms with Crippen molar-refractivity contribution in [3.63, 3.8) is 0 Å². The fourth-order valence-corrected chi connectivity index (χ4v) is 2.36. The molecule has 0 saturated carbocycles. The van der Waals surface area contributed by atoms with Crippen LogP contribution in [0.3, 0.4) is 0 Å². The average molecular weight is 341 g/mol. The van der Waals surface area contributed by atoms with E-state index < -0.39 is 6.04 Å². The molecule has 20 heavy (non-hydrogen) atoms. The number of benzene rings is 1. The largest absolute Gasteiger partial charge is 0.488 e. The molecule has 1 aliphatic heterocycles. The predicted molar refractivity (Wildman–Crippen MR) is 78.4 cm³/mol. The van der Waals surface area contributed by atoms with Crippen LogP contribution in [0.2, 0.25) is 0 Å². The smallest absolute Gasteiger partial charge is 0.242 e. The van der Waals surface area contributed by atoms with E-state index in [1.807, 2.05) is 31.2 Å². The molecule has 2 rings (SSSR count). The van der Waals surface area contributed by atoms with Crippen LogP contribution in [-0.2, 0) is 9.59 Å². The maximum atomic E-state index is 11.8. The summed E-state index contributed by atoms with van der Waals surface area (Å²) < 4.78 is 6.61. The monoisotopic (exact) mass is 340 g/mol. The lowest BCUT2D eigenvalue weighted by atomic mass is 10.2. The fraction of sp³-hybridized carbons (Fsp3) is 0.429. The van der Waals surface area contributed by atoms with Gasteiger partial charge in [0.15, 0.2) is 0 Å². The van der Waals surface area contributed by atoms with Crippen molar-refractivity contribution >= 4 is 27.7 Å². The Morgan fingerprint density at radius 2 is 2.30 bits per heavy atom. The van der Waals surface area contributed by atoms with Gasteiger partial charge in [0.05, 0.1) is 11.0 Å². The van der Waals surface area contributed by atoms with Gasteiger partial charge in [-0.2, -0.15) is 0 Å². The fourth-order valence-electron chi connectivity index (χ4n) is 1.98. The number of carbonyl (C=O) groups excluding carboxylic acids is 2. The number of amides is 2. The van der Waals surface area contributed by atoms with Gasteiger partial charge < -0.3 is 15.4 Å². The lowest BCUT2D eigenvalue weighted by Gasteiger charge is -2.17. The van der Waals surface area contributed by atoms with Crippen molar-refractivity contribution in [1.82, 2.24) is 10.6 Å². The molecule has 0 aliphatic carbocycles. The van der Waals surface area contributed by atoms with Crippen molar-refractivity contribution in [2.75, 3.05) is 6.54 Å². The van der Waals surface area contributed by atoms with Crippen molar-refractivity contribution in [2.24, 2.45) is 0 Å². The summed E-state index contributed by atoms with van der Waals surface area (Å²) in [6, 6.07) is 7.15. The third kappa shape index (κ3) is 3.96. The van der Waals surface area contributed by atoms with Crippen LogP contribution >= 0.6 is 15.9 Å². The van der Waals surface area contributed by atoms with Gasteiger partial charge in [-0.1, -0.05) is 12.1 Å². The number of carbonyl (C=O) groups is 2. The van der Waals surface area contributed by atoms with Gasteiger partial charge >= 0.3 is 0 Å².